The van der Waals surface area contributed by atoms with Gasteiger partial charge in [-0.2, -0.15) is 0 Å². The lowest BCUT2D eigenvalue weighted by molar-refractivity contribution is -0.189. The van der Waals surface area contributed by atoms with E-state index in [1.165, 1.54) is 6.08 Å². The minimum absolute atomic E-state index is 0.0965. The zero-order valence-electron chi connectivity index (χ0n) is 5.35. The van der Waals surface area contributed by atoms with Crippen LogP contribution in [0.15, 0.2) is 12.7 Å². The van der Waals surface area contributed by atoms with Gasteiger partial charge in [0.25, 0.3) is 0 Å². The van der Waals surface area contributed by atoms with Crippen LogP contribution in [0.25, 0.3) is 0 Å². The van der Waals surface area contributed by atoms with Crippen molar-refractivity contribution in [2.45, 2.75) is 6.42 Å². The van der Waals surface area contributed by atoms with E-state index in [-0.39, 0.29) is 6.42 Å². The van der Waals surface area contributed by atoms with Crippen LogP contribution >= 0.6 is 0 Å². The summed E-state index contributed by atoms with van der Waals surface area (Å²) < 4.78 is 22.9. The maximum absolute atomic E-state index is 11.8. The molecule has 0 aliphatic rings. The second-order valence-electron chi connectivity index (χ2n) is 1.77. The molecular weight excluding hydrogens is 142 g/mol. The molecule has 2 nitrogen and oxygen atoms in total. The maximum atomic E-state index is 11.8. The first-order chi connectivity index (χ1) is 4.76. The fraction of sp³-hybridized carbons (Fsp3) is 0.500. The molecule has 0 radical (unpaired) electrons. The Balaban J connectivity index is 3.79. The van der Waals surface area contributed by atoms with Crippen LogP contribution in [0.3, 0.4) is 0 Å². The molecule has 0 aliphatic heterocycles. The average molecular weight is 150 g/mol. The zero-order valence-corrected chi connectivity index (χ0v) is 5.35. The molecule has 0 heterocycles. The van der Waals surface area contributed by atoms with Gasteiger partial charge in [-0.15, -0.1) is 6.58 Å². The van der Waals surface area contributed by atoms with Crippen LogP contribution in [-0.4, -0.2) is 12.6 Å². The standard InChI is InChI=1S/C6H8F2O2/c1-2-3-5(4-7)6(9)10-8/h2,5H,1,3-4H2. The Hall–Kier alpha value is -0.930. The summed E-state index contributed by atoms with van der Waals surface area (Å²) >= 11 is 0. The van der Waals surface area contributed by atoms with E-state index in [2.05, 4.69) is 11.5 Å². The van der Waals surface area contributed by atoms with Gasteiger partial charge in [-0.05, 0) is 6.42 Å². The molecule has 0 saturated carbocycles. The van der Waals surface area contributed by atoms with E-state index in [4.69, 9.17) is 0 Å². The molecule has 0 fully saturated rings. The fourth-order valence-electron chi connectivity index (χ4n) is 0.486. The normalized spacial score (nSPS) is 12.2. The second kappa shape index (κ2) is 4.90. The number of carbonyl (C=O) groups is 1. The van der Waals surface area contributed by atoms with Gasteiger partial charge in [0.2, 0.25) is 0 Å². The molecule has 0 saturated heterocycles. The van der Waals surface area contributed by atoms with E-state index in [1.54, 1.807) is 0 Å². The minimum Gasteiger partial charge on any atom is -0.254 e. The number of hydrogen-bond acceptors (Lipinski definition) is 2. The maximum Gasteiger partial charge on any atom is 0.354 e. The van der Waals surface area contributed by atoms with Crippen LogP contribution in [0.4, 0.5) is 8.92 Å². The van der Waals surface area contributed by atoms with Crippen LogP contribution in [0, 0.1) is 5.92 Å². The SMILES string of the molecule is C=CCC(CF)C(=O)OF. The summed E-state index contributed by atoms with van der Waals surface area (Å²) in [5, 5.41) is 0. The largest absolute Gasteiger partial charge is 0.354 e. The first-order valence-electron chi connectivity index (χ1n) is 2.75. The summed E-state index contributed by atoms with van der Waals surface area (Å²) in [4.78, 5) is 13.1. The lowest BCUT2D eigenvalue weighted by Crippen LogP contribution is -2.15. The lowest BCUT2D eigenvalue weighted by atomic mass is 10.1. The molecule has 0 spiro atoms. The molecule has 0 aromatic carbocycles. The van der Waals surface area contributed by atoms with E-state index < -0.39 is 18.6 Å². The van der Waals surface area contributed by atoms with E-state index in [0.29, 0.717) is 0 Å². The van der Waals surface area contributed by atoms with Crippen molar-refractivity contribution >= 4 is 5.97 Å². The number of halogens is 2. The molecule has 10 heavy (non-hydrogen) atoms. The predicted molar refractivity (Wildman–Crippen MR) is 31.5 cm³/mol. The van der Waals surface area contributed by atoms with E-state index in [9.17, 15) is 13.7 Å². The van der Waals surface area contributed by atoms with Gasteiger partial charge in [0.05, 0.1) is 5.92 Å². The van der Waals surface area contributed by atoms with Gasteiger partial charge in [-0.1, -0.05) is 6.08 Å². The van der Waals surface area contributed by atoms with Crippen molar-refractivity contribution in [1.29, 1.82) is 0 Å². The molecule has 0 bridgehead atoms. The number of alkyl halides is 1. The van der Waals surface area contributed by atoms with Crippen molar-refractivity contribution in [3.63, 3.8) is 0 Å². The fourth-order valence-corrected chi connectivity index (χ4v) is 0.486. The smallest absolute Gasteiger partial charge is 0.254 e. The Morgan fingerprint density at radius 2 is 2.40 bits per heavy atom. The van der Waals surface area contributed by atoms with Crippen molar-refractivity contribution in [3.05, 3.63) is 12.7 Å². The molecule has 1 atom stereocenters. The Labute approximate surface area is 57.4 Å². The van der Waals surface area contributed by atoms with E-state index in [1.807, 2.05) is 0 Å². The monoisotopic (exact) mass is 150 g/mol. The summed E-state index contributed by atoms with van der Waals surface area (Å²) in [6.45, 7) is 2.35. The van der Waals surface area contributed by atoms with Crippen LogP contribution in [0.1, 0.15) is 6.42 Å². The molecule has 0 aromatic heterocycles. The highest BCUT2D eigenvalue weighted by molar-refractivity contribution is 5.72. The molecule has 58 valence electrons. The summed E-state index contributed by atoms with van der Waals surface area (Å²) in [6.07, 6.45) is 1.43. The zero-order chi connectivity index (χ0) is 7.98. The molecule has 0 amide bonds. The quantitative estimate of drug-likeness (QED) is 0.568. The number of hydrogen-bond donors (Lipinski definition) is 0. The molecule has 0 N–H and O–H groups in total. The third-order valence-electron chi connectivity index (χ3n) is 1.05. The van der Waals surface area contributed by atoms with E-state index >= 15 is 0 Å². The summed E-state index contributed by atoms with van der Waals surface area (Å²) in [6, 6.07) is 0. The summed E-state index contributed by atoms with van der Waals surface area (Å²) in [7, 11) is 0. The van der Waals surface area contributed by atoms with Crippen molar-refractivity contribution in [2.75, 3.05) is 6.67 Å². The van der Waals surface area contributed by atoms with Crippen LogP contribution in [0.2, 0.25) is 0 Å². The molecule has 0 aliphatic carbocycles. The third-order valence-corrected chi connectivity index (χ3v) is 1.05. The Bertz CT molecular complexity index is 125. The molecular formula is C6H8F2O2. The van der Waals surface area contributed by atoms with Crippen molar-refractivity contribution in [2.24, 2.45) is 5.92 Å². The van der Waals surface area contributed by atoms with Gasteiger partial charge in [-0.25, -0.2) is 4.79 Å². The second-order valence-corrected chi connectivity index (χ2v) is 1.77. The molecule has 1 unspecified atom stereocenters. The van der Waals surface area contributed by atoms with Gasteiger partial charge in [0, 0.05) is 4.53 Å². The van der Waals surface area contributed by atoms with Crippen molar-refractivity contribution < 1.29 is 18.7 Å². The predicted octanol–water partition coefficient (Wildman–Crippen LogP) is 1.58. The van der Waals surface area contributed by atoms with Gasteiger partial charge < -0.3 is 0 Å². The Morgan fingerprint density at radius 1 is 1.80 bits per heavy atom. The highest BCUT2D eigenvalue weighted by Gasteiger charge is 2.18. The molecule has 0 aromatic rings. The van der Waals surface area contributed by atoms with E-state index in [0.717, 1.165) is 0 Å². The number of allylic oxidation sites excluding steroid dienone is 1. The van der Waals surface area contributed by atoms with Gasteiger partial charge in [0.1, 0.15) is 6.67 Å². The highest BCUT2D eigenvalue weighted by atomic mass is 19.3. The van der Waals surface area contributed by atoms with Gasteiger partial charge in [-0.3, -0.25) is 9.33 Å². The highest BCUT2D eigenvalue weighted by Crippen LogP contribution is 2.06. The van der Waals surface area contributed by atoms with Crippen molar-refractivity contribution in [3.8, 4) is 0 Å². The summed E-state index contributed by atoms with van der Waals surface area (Å²) in [5.74, 6) is -2.22. The van der Waals surface area contributed by atoms with Gasteiger partial charge in [0.15, 0.2) is 0 Å². The average Bonchev–Trinajstić information content (AvgIpc) is 1.99. The van der Waals surface area contributed by atoms with Crippen LogP contribution < -0.4 is 0 Å². The summed E-state index contributed by atoms with van der Waals surface area (Å²) in [5.41, 5.74) is 0. The topological polar surface area (TPSA) is 26.3 Å². The Kier molecular flexibility index (Phi) is 4.45. The lowest BCUT2D eigenvalue weighted by Gasteiger charge is -2.02. The molecule has 4 heteroatoms. The van der Waals surface area contributed by atoms with Crippen molar-refractivity contribution in [1.82, 2.24) is 0 Å². The number of rotatable bonds is 4. The third kappa shape index (κ3) is 2.57. The van der Waals surface area contributed by atoms with Gasteiger partial charge >= 0.3 is 5.97 Å². The first kappa shape index (κ1) is 9.07. The Morgan fingerprint density at radius 3 is 2.70 bits per heavy atom. The number of carbonyl (C=O) groups excluding carboxylic acids is 1. The molecule has 0 rings (SSSR count). The minimum atomic E-state index is -1.18. The van der Waals surface area contributed by atoms with Crippen LogP contribution in [0.5, 0.6) is 0 Å². The van der Waals surface area contributed by atoms with Crippen LogP contribution in [-0.2, 0) is 9.74 Å². The first-order valence-corrected chi connectivity index (χ1v) is 2.75.